The van der Waals surface area contributed by atoms with Crippen molar-refractivity contribution in [3.63, 3.8) is 0 Å². The average molecular weight is 379 g/mol. The van der Waals surface area contributed by atoms with E-state index in [0.29, 0.717) is 0 Å². The molecule has 0 aromatic carbocycles. The maximum absolute atomic E-state index is 11.4. The highest BCUT2D eigenvalue weighted by atomic mass is 16.6. The number of carboxylic acid groups (broad SMARTS) is 1. The second-order valence-corrected chi connectivity index (χ2v) is 5.52. The monoisotopic (exact) mass is 379 g/mol. The van der Waals surface area contributed by atoms with E-state index in [1.54, 1.807) is 0 Å². The molecule has 0 saturated carbocycles. The number of carbonyl (C=O) groups is 3. The summed E-state index contributed by atoms with van der Waals surface area (Å²) in [4.78, 5) is 33.6. The molecule has 0 aliphatic carbocycles. The highest BCUT2D eigenvalue weighted by Crippen LogP contribution is 2.23. The van der Waals surface area contributed by atoms with Gasteiger partial charge < -0.3 is 45.4 Å². The van der Waals surface area contributed by atoms with Crippen LogP contribution in [0.4, 0.5) is 0 Å². The second-order valence-electron chi connectivity index (χ2n) is 5.52. The standard InChI is InChI=1S/C14H21NO11/c1-5(17)14(24)25-4-7(19)11(21)12-10(15-9(20)3-16)6(18)2-8(26-12)13(22)23/h2,5-7,10-12,16-19,21H,3-4H2,1H3,(H,15,20)(H,22,23). The van der Waals surface area contributed by atoms with Gasteiger partial charge in [-0.15, -0.1) is 0 Å². The van der Waals surface area contributed by atoms with Crippen LogP contribution >= 0.6 is 0 Å². The fourth-order valence-corrected chi connectivity index (χ4v) is 2.12. The third-order valence-electron chi connectivity index (χ3n) is 3.46. The van der Waals surface area contributed by atoms with Crippen LogP contribution in [-0.4, -0.2) is 98.3 Å². The Labute approximate surface area is 147 Å². The first-order valence-corrected chi connectivity index (χ1v) is 7.49. The number of hydrogen-bond acceptors (Lipinski definition) is 10. The molecule has 0 spiro atoms. The summed E-state index contributed by atoms with van der Waals surface area (Å²) in [5, 5.41) is 59.0. The molecular weight excluding hydrogens is 358 g/mol. The Kier molecular flexibility index (Phi) is 7.92. The van der Waals surface area contributed by atoms with Crippen LogP contribution in [0, 0.1) is 0 Å². The summed E-state index contributed by atoms with van der Waals surface area (Å²) in [6.45, 7) is -0.597. The molecule has 0 fully saturated rings. The van der Waals surface area contributed by atoms with Gasteiger partial charge in [0, 0.05) is 0 Å². The molecule has 12 nitrogen and oxygen atoms in total. The number of rotatable bonds is 8. The van der Waals surface area contributed by atoms with Crippen molar-refractivity contribution in [3.05, 3.63) is 11.8 Å². The Morgan fingerprint density at radius 3 is 2.42 bits per heavy atom. The van der Waals surface area contributed by atoms with Gasteiger partial charge in [0.05, 0.1) is 6.04 Å². The third-order valence-corrected chi connectivity index (χ3v) is 3.46. The van der Waals surface area contributed by atoms with Gasteiger partial charge in [0.1, 0.15) is 37.6 Å². The topological polar surface area (TPSA) is 203 Å². The molecule has 0 saturated heterocycles. The van der Waals surface area contributed by atoms with Crippen LogP contribution in [0.1, 0.15) is 6.92 Å². The summed E-state index contributed by atoms with van der Waals surface area (Å²) in [5.74, 6) is -4.32. The zero-order chi connectivity index (χ0) is 20.0. The van der Waals surface area contributed by atoms with Crippen molar-refractivity contribution in [2.75, 3.05) is 13.2 Å². The Morgan fingerprint density at radius 2 is 1.92 bits per heavy atom. The number of nitrogens with one attached hydrogen (secondary N) is 1. The van der Waals surface area contributed by atoms with Gasteiger partial charge >= 0.3 is 11.9 Å². The van der Waals surface area contributed by atoms with Crippen LogP contribution in [0.25, 0.3) is 0 Å². The molecule has 26 heavy (non-hydrogen) atoms. The van der Waals surface area contributed by atoms with Crippen LogP contribution < -0.4 is 5.32 Å². The van der Waals surface area contributed by atoms with Crippen LogP contribution in [0.2, 0.25) is 0 Å². The number of aliphatic carboxylic acids is 1. The molecule has 0 radical (unpaired) electrons. The Bertz CT molecular complexity index is 561. The predicted octanol–water partition coefficient (Wildman–Crippen LogP) is -4.16. The van der Waals surface area contributed by atoms with Gasteiger partial charge in [0.15, 0.2) is 6.10 Å². The zero-order valence-corrected chi connectivity index (χ0v) is 13.7. The molecule has 6 unspecified atom stereocenters. The van der Waals surface area contributed by atoms with Crippen molar-refractivity contribution in [2.45, 2.75) is 43.5 Å². The smallest absolute Gasteiger partial charge is 0.370 e. The number of carboxylic acids is 1. The third kappa shape index (κ3) is 5.64. The number of carbonyl (C=O) groups excluding carboxylic acids is 2. The van der Waals surface area contributed by atoms with Gasteiger partial charge in [-0.2, -0.15) is 0 Å². The molecular formula is C14H21NO11. The number of esters is 1. The minimum atomic E-state index is -1.90. The van der Waals surface area contributed by atoms with Gasteiger partial charge in [0.2, 0.25) is 11.7 Å². The Balaban J connectivity index is 2.93. The van der Waals surface area contributed by atoms with Crippen molar-refractivity contribution in [2.24, 2.45) is 0 Å². The summed E-state index contributed by atoms with van der Waals surface area (Å²) in [5.41, 5.74) is 0. The van der Waals surface area contributed by atoms with Crippen LogP contribution in [0.15, 0.2) is 11.8 Å². The number of hydrogen-bond donors (Lipinski definition) is 7. The number of ether oxygens (including phenoxy) is 2. The van der Waals surface area contributed by atoms with E-state index in [-0.39, 0.29) is 0 Å². The van der Waals surface area contributed by atoms with Crippen molar-refractivity contribution < 1.29 is 54.5 Å². The fraction of sp³-hybridized carbons (Fsp3) is 0.643. The summed E-state index contributed by atoms with van der Waals surface area (Å²) >= 11 is 0. The average Bonchev–Trinajstić information content (AvgIpc) is 2.59. The highest BCUT2D eigenvalue weighted by Gasteiger charge is 2.43. The van der Waals surface area contributed by atoms with E-state index >= 15 is 0 Å². The van der Waals surface area contributed by atoms with E-state index in [1.165, 1.54) is 0 Å². The van der Waals surface area contributed by atoms with Crippen molar-refractivity contribution in [1.82, 2.24) is 5.32 Å². The van der Waals surface area contributed by atoms with E-state index in [1.807, 2.05) is 0 Å². The van der Waals surface area contributed by atoms with Gasteiger partial charge in [-0.05, 0) is 13.0 Å². The second kappa shape index (κ2) is 9.45. The predicted molar refractivity (Wildman–Crippen MR) is 80.3 cm³/mol. The summed E-state index contributed by atoms with van der Waals surface area (Å²) in [7, 11) is 0. The molecule has 0 aromatic rings. The molecule has 12 heteroatoms. The molecule has 0 bridgehead atoms. The minimum Gasteiger partial charge on any atom is -0.478 e. The lowest BCUT2D eigenvalue weighted by atomic mass is 9.93. The van der Waals surface area contributed by atoms with Crippen LogP contribution in [0.5, 0.6) is 0 Å². The minimum absolute atomic E-state index is 0.732. The maximum Gasteiger partial charge on any atom is 0.370 e. The largest absolute Gasteiger partial charge is 0.478 e. The van der Waals surface area contributed by atoms with Crippen LogP contribution in [0.3, 0.4) is 0 Å². The quantitative estimate of drug-likeness (QED) is 0.202. The molecule has 7 N–H and O–H groups in total. The summed E-state index contributed by atoms with van der Waals surface area (Å²) < 4.78 is 9.56. The van der Waals surface area contributed by atoms with Crippen LogP contribution in [-0.2, 0) is 23.9 Å². The van der Waals surface area contributed by atoms with E-state index in [2.05, 4.69) is 10.1 Å². The molecule has 1 heterocycles. The number of aliphatic hydroxyl groups is 5. The Hall–Kier alpha value is -2.25. The lowest BCUT2D eigenvalue weighted by Gasteiger charge is -2.38. The number of amides is 1. The molecule has 1 rings (SSSR count). The SMILES string of the molecule is CC(O)C(=O)OCC(O)C(O)C1OC(C(=O)O)=CC(O)C1NC(=O)CO. The highest BCUT2D eigenvalue weighted by molar-refractivity contribution is 5.84. The number of aliphatic hydroxyl groups excluding tert-OH is 5. The van der Waals surface area contributed by atoms with E-state index in [4.69, 9.17) is 20.1 Å². The first-order chi connectivity index (χ1) is 12.1. The fourth-order valence-electron chi connectivity index (χ4n) is 2.12. The van der Waals surface area contributed by atoms with Crippen molar-refractivity contribution in [3.8, 4) is 0 Å². The lowest BCUT2D eigenvalue weighted by molar-refractivity contribution is -0.164. The van der Waals surface area contributed by atoms with Gasteiger partial charge in [0.25, 0.3) is 0 Å². The summed E-state index contributed by atoms with van der Waals surface area (Å²) in [6, 6.07) is -1.41. The van der Waals surface area contributed by atoms with E-state index in [0.717, 1.165) is 13.0 Å². The first-order valence-electron chi connectivity index (χ1n) is 7.49. The maximum atomic E-state index is 11.4. The van der Waals surface area contributed by atoms with Crippen molar-refractivity contribution >= 4 is 17.8 Å². The first kappa shape index (κ1) is 21.8. The van der Waals surface area contributed by atoms with Gasteiger partial charge in [-0.1, -0.05) is 0 Å². The van der Waals surface area contributed by atoms with Crippen molar-refractivity contribution in [1.29, 1.82) is 0 Å². The lowest BCUT2D eigenvalue weighted by Crippen LogP contribution is -2.60. The molecule has 1 aliphatic rings. The summed E-state index contributed by atoms with van der Waals surface area (Å²) in [6.07, 6.45) is -7.65. The molecule has 0 aromatic heterocycles. The van der Waals surface area contributed by atoms with Gasteiger partial charge in [-0.3, -0.25) is 4.79 Å². The van der Waals surface area contributed by atoms with E-state index < -0.39 is 73.4 Å². The molecule has 148 valence electrons. The molecule has 1 amide bonds. The zero-order valence-electron chi connectivity index (χ0n) is 13.7. The molecule has 6 atom stereocenters. The van der Waals surface area contributed by atoms with Gasteiger partial charge in [-0.25, -0.2) is 9.59 Å². The molecule has 1 aliphatic heterocycles. The normalized spacial score (nSPS) is 25.9. The Morgan fingerprint density at radius 1 is 1.31 bits per heavy atom. The van der Waals surface area contributed by atoms with E-state index in [9.17, 15) is 29.7 Å².